The van der Waals surface area contributed by atoms with Crippen LogP contribution in [-0.2, 0) is 26.6 Å². The van der Waals surface area contributed by atoms with Crippen LogP contribution in [-0.4, -0.2) is 43.8 Å². The average molecular weight is 394 g/mol. The Bertz CT molecular complexity index is 1020. The van der Waals surface area contributed by atoms with E-state index in [4.69, 9.17) is 14.6 Å². The van der Waals surface area contributed by atoms with Crippen molar-refractivity contribution in [3.8, 4) is 22.8 Å². The van der Waals surface area contributed by atoms with E-state index in [0.29, 0.717) is 19.3 Å². The van der Waals surface area contributed by atoms with Gasteiger partial charge >= 0.3 is 0 Å². The van der Waals surface area contributed by atoms with Crippen molar-refractivity contribution < 1.29 is 9.47 Å². The van der Waals surface area contributed by atoms with Crippen LogP contribution in [0.25, 0.3) is 11.3 Å². The highest BCUT2D eigenvalue weighted by molar-refractivity contribution is 5.66. The van der Waals surface area contributed by atoms with Crippen molar-refractivity contribution >= 4 is 0 Å². The number of hydrogen-bond acceptors (Lipinski definition) is 6. The van der Waals surface area contributed by atoms with Crippen LogP contribution in [0.4, 0.5) is 0 Å². The molecule has 8 nitrogen and oxygen atoms in total. The summed E-state index contributed by atoms with van der Waals surface area (Å²) >= 11 is 0. The largest absolute Gasteiger partial charge is 0.490 e. The van der Waals surface area contributed by atoms with Crippen molar-refractivity contribution in [1.82, 2.24) is 29.9 Å². The van der Waals surface area contributed by atoms with Crippen molar-refractivity contribution in [2.75, 3.05) is 13.2 Å². The van der Waals surface area contributed by atoms with Crippen LogP contribution in [0.2, 0.25) is 0 Å². The predicted octanol–water partition coefficient (Wildman–Crippen LogP) is 2.25. The summed E-state index contributed by atoms with van der Waals surface area (Å²) in [6.45, 7) is 4.93. The van der Waals surface area contributed by atoms with Crippen molar-refractivity contribution in [2.45, 2.75) is 45.3 Å². The molecule has 8 heteroatoms. The van der Waals surface area contributed by atoms with Crippen LogP contribution in [0.5, 0.6) is 11.5 Å². The molecule has 1 unspecified atom stereocenters. The van der Waals surface area contributed by atoms with Gasteiger partial charge in [0.2, 0.25) is 0 Å². The number of fused-ring (bicyclic) bond motifs is 2. The van der Waals surface area contributed by atoms with Gasteiger partial charge in [0.25, 0.3) is 0 Å². The first-order valence-corrected chi connectivity index (χ1v) is 10.2. The summed E-state index contributed by atoms with van der Waals surface area (Å²) in [5.41, 5.74) is 3.19. The molecule has 2 aromatic heterocycles. The van der Waals surface area contributed by atoms with Crippen LogP contribution >= 0.6 is 0 Å². The van der Waals surface area contributed by atoms with Crippen molar-refractivity contribution in [1.29, 1.82) is 0 Å². The number of rotatable bonds is 4. The van der Waals surface area contributed by atoms with Gasteiger partial charge in [-0.25, -0.2) is 9.67 Å². The standard InChI is InChI=1S/C21H26N6O2/c1-14-23-20-7-5-17(13-27(20)24-14)22-11-16-12-26(2)25-21(16)15-4-6-18-19(10-15)29-9-3-8-28-18/h4,6,10,12,17,22H,3,5,7-9,11,13H2,1-2H3. The van der Waals surface area contributed by atoms with Gasteiger partial charge < -0.3 is 14.8 Å². The van der Waals surface area contributed by atoms with E-state index in [1.165, 1.54) is 5.56 Å². The summed E-state index contributed by atoms with van der Waals surface area (Å²) in [6.07, 6.45) is 5.01. The van der Waals surface area contributed by atoms with Crippen LogP contribution < -0.4 is 14.8 Å². The van der Waals surface area contributed by atoms with E-state index >= 15 is 0 Å². The molecule has 2 aliphatic rings. The second-order valence-electron chi connectivity index (χ2n) is 7.76. The highest BCUT2D eigenvalue weighted by atomic mass is 16.5. The van der Waals surface area contributed by atoms with Crippen LogP contribution in [0.1, 0.15) is 30.1 Å². The number of aromatic nitrogens is 5. The minimum atomic E-state index is 0.375. The van der Waals surface area contributed by atoms with Crippen LogP contribution in [0.15, 0.2) is 24.4 Å². The van der Waals surface area contributed by atoms with E-state index in [2.05, 4.69) is 27.7 Å². The first kappa shape index (κ1) is 18.2. The van der Waals surface area contributed by atoms with Gasteiger partial charge in [0.15, 0.2) is 11.5 Å². The number of aryl methyl sites for hydroxylation is 3. The summed E-state index contributed by atoms with van der Waals surface area (Å²) in [5, 5.41) is 12.9. The highest BCUT2D eigenvalue weighted by Gasteiger charge is 2.22. The minimum absolute atomic E-state index is 0.375. The molecule has 0 radical (unpaired) electrons. The number of nitrogens with one attached hydrogen (secondary N) is 1. The van der Waals surface area contributed by atoms with Gasteiger partial charge in [0.1, 0.15) is 11.6 Å². The normalized spacial score (nSPS) is 18.3. The number of hydrogen-bond donors (Lipinski definition) is 1. The molecule has 0 aliphatic carbocycles. The Morgan fingerprint density at radius 2 is 2.03 bits per heavy atom. The fraction of sp³-hybridized carbons (Fsp3) is 0.476. The first-order chi connectivity index (χ1) is 14.2. The number of nitrogens with zero attached hydrogens (tertiary/aromatic N) is 5. The summed E-state index contributed by atoms with van der Waals surface area (Å²) in [6, 6.07) is 6.46. The summed E-state index contributed by atoms with van der Waals surface area (Å²) in [7, 11) is 1.96. The molecule has 1 aromatic carbocycles. The lowest BCUT2D eigenvalue weighted by molar-refractivity contribution is 0.297. The summed E-state index contributed by atoms with van der Waals surface area (Å²) in [5.74, 6) is 3.55. The molecular weight excluding hydrogens is 368 g/mol. The van der Waals surface area contributed by atoms with Gasteiger partial charge in [-0.1, -0.05) is 0 Å². The molecule has 29 heavy (non-hydrogen) atoms. The van der Waals surface area contributed by atoms with Crippen LogP contribution in [0.3, 0.4) is 0 Å². The van der Waals surface area contributed by atoms with E-state index in [-0.39, 0.29) is 0 Å². The number of ether oxygens (including phenoxy) is 2. The van der Waals surface area contributed by atoms with Gasteiger partial charge in [-0.15, -0.1) is 0 Å². The Morgan fingerprint density at radius 1 is 1.17 bits per heavy atom. The topological polar surface area (TPSA) is 79.0 Å². The lowest BCUT2D eigenvalue weighted by Crippen LogP contribution is -2.37. The van der Waals surface area contributed by atoms with E-state index in [1.54, 1.807) is 0 Å². The maximum Gasteiger partial charge on any atom is 0.161 e. The van der Waals surface area contributed by atoms with Gasteiger partial charge in [-0.05, 0) is 31.5 Å². The molecule has 3 aromatic rings. The maximum atomic E-state index is 5.86. The molecule has 1 atom stereocenters. The fourth-order valence-electron chi connectivity index (χ4n) is 4.08. The lowest BCUT2D eigenvalue weighted by Gasteiger charge is -2.23. The molecule has 0 saturated carbocycles. The molecule has 0 fully saturated rings. The quantitative estimate of drug-likeness (QED) is 0.731. The van der Waals surface area contributed by atoms with E-state index in [9.17, 15) is 0 Å². The third kappa shape index (κ3) is 3.72. The van der Waals surface area contributed by atoms with Crippen molar-refractivity contribution in [3.63, 3.8) is 0 Å². The Hall–Kier alpha value is -2.87. The zero-order chi connectivity index (χ0) is 19.8. The fourth-order valence-corrected chi connectivity index (χ4v) is 4.08. The van der Waals surface area contributed by atoms with E-state index in [1.807, 2.05) is 35.5 Å². The third-order valence-electron chi connectivity index (χ3n) is 5.47. The second-order valence-corrected chi connectivity index (χ2v) is 7.76. The Kier molecular flexibility index (Phi) is 4.71. The van der Waals surface area contributed by atoms with Crippen LogP contribution in [0, 0.1) is 6.92 Å². The maximum absolute atomic E-state index is 5.86. The molecule has 4 heterocycles. The van der Waals surface area contributed by atoms with Gasteiger partial charge in [0, 0.05) is 49.8 Å². The van der Waals surface area contributed by atoms with Crippen molar-refractivity contribution in [3.05, 3.63) is 41.6 Å². The summed E-state index contributed by atoms with van der Waals surface area (Å²) < 4.78 is 15.5. The van der Waals surface area contributed by atoms with Crippen molar-refractivity contribution in [2.24, 2.45) is 7.05 Å². The van der Waals surface area contributed by atoms with Gasteiger partial charge in [-0.2, -0.15) is 10.2 Å². The first-order valence-electron chi connectivity index (χ1n) is 10.2. The molecule has 152 valence electrons. The third-order valence-corrected chi connectivity index (χ3v) is 5.47. The molecule has 2 aliphatic heterocycles. The molecule has 0 saturated heterocycles. The molecular formula is C21H26N6O2. The zero-order valence-electron chi connectivity index (χ0n) is 16.9. The van der Waals surface area contributed by atoms with Gasteiger partial charge in [0.05, 0.1) is 25.5 Å². The zero-order valence-corrected chi connectivity index (χ0v) is 16.9. The summed E-state index contributed by atoms with van der Waals surface area (Å²) in [4.78, 5) is 4.49. The lowest BCUT2D eigenvalue weighted by atomic mass is 10.1. The van der Waals surface area contributed by atoms with Gasteiger partial charge in [-0.3, -0.25) is 4.68 Å². The minimum Gasteiger partial charge on any atom is -0.490 e. The Labute approximate surface area is 169 Å². The molecule has 5 rings (SSSR count). The molecule has 1 N–H and O–H groups in total. The smallest absolute Gasteiger partial charge is 0.161 e. The Balaban J connectivity index is 1.33. The average Bonchev–Trinajstić information content (AvgIpc) is 3.17. The number of benzene rings is 1. The highest BCUT2D eigenvalue weighted by Crippen LogP contribution is 2.34. The predicted molar refractivity (Wildman–Crippen MR) is 108 cm³/mol. The monoisotopic (exact) mass is 394 g/mol. The van der Waals surface area contributed by atoms with E-state index < -0.39 is 0 Å². The molecule has 0 spiro atoms. The van der Waals surface area contributed by atoms with E-state index in [0.717, 1.165) is 66.8 Å². The SMILES string of the molecule is Cc1nc2n(n1)CC(NCc1cn(C)nc1-c1ccc3c(c1)OCCCO3)CC2. The Morgan fingerprint density at radius 3 is 2.93 bits per heavy atom. The second kappa shape index (κ2) is 7.51. The molecule has 0 amide bonds. The molecule has 0 bridgehead atoms.